The molecular weight excluding hydrogens is 210 g/mol. The summed E-state index contributed by atoms with van der Waals surface area (Å²) >= 11 is 0. The van der Waals surface area contributed by atoms with E-state index in [0.717, 1.165) is 18.4 Å². The van der Waals surface area contributed by atoms with E-state index < -0.39 is 11.0 Å². The lowest BCUT2D eigenvalue weighted by atomic mass is 9.90. The SMILES string of the molecule is CC(O)C1(c2ccc(O)c([N+](=O)[O-])c2)CC1. The van der Waals surface area contributed by atoms with Gasteiger partial charge < -0.3 is 10.2 Å². The van der Waals surface area contributed by atoms with Gasteiger partial charge in [-0.3, -0.25) is 10.1 Å². The van der Waals surface area contributed by atoms with E-state index in [0.29, 0.717) is 0 Å². The van der Waals surface area contributed by atoms with Crippen LogP contribution in [0.3, 0.4) is 0 Å². The second-order valence-electron chi connectivity index (χ2n) is 4.29. The molecule has 5 heteroatoms. The van der Waals surface area contributed by atoms with Crippen molar-refractivity contribution in [3.63, 3.8) is 0 Å². The van der Waals surface area contributed by atoms with Crippen LogP contribution in [0.4, 0.5) is 5.69 Å². The number of phenolic OH excluding ortho intramolecular Hbond substituents is 1. The van der Waals surface area contributed by atoms with Crippen LogP contribution < -0.4 is 0 Å². The quantitative estimate of drug-likeness (QED) is 0.603. The highest BCUT2D eigenvalue weighted by Crippen LogP contribution is 2.52. The average Bonchev–Trinajstić information content (AvgIpc) is 2.98. The molecule has 0 radical (unpaired) electrons. The monoisotopic (exact) mass is 223 g/mol. The van der Waals surface area contributed by atoms with Gasteiger partial charge in [-0.1, -0.05) is 6.07 Å². The normalized spacial score (nSPS) is 19.1. The van der Waals surface area contributed by atoms with Crippen LogP contribution in [0.2, 0.25) is 0 Å². The first-order chi connectivity index (χ1) is 7.47. The zero-order valence-corrected chi connectivity index (χ0v) is 8.88. The molecule has 1 aromatic rings. The van der Waals surface area contributed by atoms with Crippen molar-refractivity contribution in [2.24, 2.45) is 0 Å². The number of rotatable bonds is 3. The molecule has 1 unspecified atom stereocenters. The molecule has 0 aromatic heterocycles. The van der Waals surface area contributed by atoms with Gasteiger partial charge in [0.2, 0.25) is 0 Å². The van der Waals surface area contributed by atoms with E-state index in [1.165, 1.54) is 12.1 Å². The average molecular weight is 223 g/mol. The van der Waals surface area contributed by atoms with Crippen LogP contribution in [-0.4, -0.2) is 21.2 Å². The third kappa shape index (κ3) is 1.53. The van der Waals surface area contributed by atoms with Gasteiger partial charge in [-0.05, 0) is 31.4 Å². The van der Waals surface area contributed by atoms with Crippen molar-refractivity contribution in [1.82, 2.24) is 0 Å². The number of aliphatic hydroxyl groups excluding tert-OH is 1. The fourth-order valence-electron chi connectivity index (χ4n) is 2.06. The van der Waals surface area contributed by atoms with Crippen molar-refractivity contribution in [2.45, 2.75) is 31.3 Å². The second-order valence-corrected chi connectivity index (χ2v) is 4.29. The maximum absolute atomic E-state index is 10.7. The fourth-order valence-corrected chi connectivity index (χ4v) is 2.06. The maximum Gasteiger partial charge on any atom is 0.310 e. The van der Waals surface area contributed by atoms with Crippen molar-refractivity contribution in [3.8, 4) is 5.75 Å². The topological polar surface area (TPSA) is 83.6 Å². The third-order valence-electron chi connectivity index (χ3n) is 3.34. The molecule has 2 rings (SSSR count). The number of benzene rings is 1. The summed E-state index contributed by atoms with van der Waals surface area (Å²) in [5.74, 6) is -0.338. The zero-order chi connectivity index (χ0) is 11.9. The number of nitrogens with zero attached hydrogens (tertiary/aromatic N) is 1. The molecule has 1 atom stereocenters. The summed E-state index contributed by atoms with van der Waals surface area (Å²) in [6.45, 7) is 1.69. The maximum atomic E-state index is 10.7. The smallest absolute Gasteiger partial charge is 0.310 e. The Morgan fingerprint density at radius 3 is 2.56 bits per heavy atom. The van der Waals surface area contributed by atoms with E-state index in [4.69, 9.17) is 0 Å². The number of phenols is 1. The Labute approximate surface area is 92.5 Å². The van der Waals surface area contributed by atoms with Gasteiger partial charge in [0.1, 0.15) is 0 Å². The second kappa shape index (κ2) is 3.45. The third-order valence-corrected chi connectivity index (χ3v) is 3.34. The number of aliphatic hydroxyl groups is 1. The highest BCUT2D eigenvalue weighted by Gasteiger charge is 2.49. The molecule has 16 heavy (non-hydrogen) atoms. The number of nitro benzene ring substituents is 1. The number of nitro groups is 1. The van der Waals surface area contributed by atoms with Crippen molar-refractivity contribution in [3.05, 3.63) is 33.9 Å². The highest BCUT2D eigenvalue weighted by molar-refractivity contribution is 5.51. The summed E-state index contributed by atoms with van der Waals surface area (Å²) in [6.07, 6.45) is 1.12. The van der Waals surface area contributed by atoms with Crippen molar-refractivity contribution >= 4 is 5.69 Å². The Morgan fingerprint density at radius 2 is 2.12 bits per heavy atom. The van der Waals surface area contributed by atoms with Gasteiger partial charge in [0.05, 0.1) is 11.0 Å². The van der Waals surface area contributed by atoms with Crippen LogP contribution in [0.25, 0.3) is 0 Å². The summed E-state index contributed by atoms with van der Waals surface area (Å²) < 4.78 is 0. The summed E-state index contributed by atoms with van der Waals surface area (Å²) in [7, 11) is 0. The van der Waals surface area contributed by atoms with Gasteiger partial charge in [-0.25, -0.2) is 0 Å². The standard InChI is InChI=1S/C11H13NO4/c1-7(13)11(4-5-11)8-2-3-10(14)9(6-8)12(15)16/h2-3,6-7,13-14H,4-5H2,1H3. The molecule has 0 heterocycles. The highest BCUT2D eigenvalue weighted by atomic mass is 16.6. The molecule has 1 aliphatic rings. The largest absolute Gasteiger partial charge is 0.502 e. The summed E-state index contributed by atoms with van der Waals surface area (Å²) in [4.78, 5) is 10.1. The Kier molecular flexibility index (Phi) is 2.35. The molecular formula is C11H13NO4. The molecule has 86 valence electrons. The molecule has 0 aliphatic heterocycles. The Morgan fingerprint density at radius 1 is 1.50 bits per heavy atom. The van der Waals surface area contributed by atoms with Crippen molar-refractivity contribution in [2.75, 3.05) is 0 Å². The minimum Gasteiger partial charge on any atom is -0.502 e. The van der Waals surface area contributed by atoms with E-state index in [2.05, 4.69) is 0 Å². The minimum atomic E-state index is -0.614. The van der Waals surface area contributed by atoms with Crippen molar-refractivity contribution < 1.29 is 15.1 Å². The van der Waals surface area contributed by atoms with E-state index >= 15 is 0 Å². The lowest BCUT2D eigenvalue weighted by molar-refractivity contribution is -0.386. The minimum absolute atomic E-state index is 0.301. The van der Waals surface area contributed by atoms with Crippen molar-refractivity contribution in [1.29, 1.82) is 0 Å². The number of aromatic hydroxyl groups is 1. The molecule has 0 bridgehead atoms. The predicted molar refractivity (Wildman–Crippen MR) is 57.4 cm³/mol. The van der Waals surface area contributed by atoms with E-state index in [1.54, 1.807) is 13.0 Å². The first kappa shape index (κ1) is 10.9. The van der Waals surface area contributed by atoms with Crippen LogP contribution >= 0.6 is 0 Å². The predicted octanol–water partition coefficient (Wildman–Crippen LogP) is 1.71. The molecule has 0 saturated heterocycles. The van der Waals surface area contributed by atoms with Crippen LogP contribution in [-0.2, 0) is 5.41 Å². The first-order valence-corrected chi connectivity index (χ1v) is 5.13. The zero-order valence-electron chi connectivity index (χ0n) is 8.88. The molecule has 1 aliphatic carbocycles. The lowest BCUT2D eigenvalue weighted by Crippen LogP contribution is -2.22. The van der Waals surface area contributed by atoms with Gasteiger partial charge in [-0.15, -0.1) is 0 Å². The lowest BCUT2D eigenvalue weighted by Gasteiger charge is -2.18. The van der Waals surface area contributed by atoms with Crippen LogP contribution in [0.1, 0.15) is 25.3 Å². The van der Waals surface area contributed by atoms with Crippen LogP contribution in [0.15, 0.2) is 18.2 Å². The molecule has 1 saturated carbocycles. The van der Waals surface area contributed by atoms with E-state index in [1.807, 2.05) is 0 Å². The first-order valence-electron chi connectivity index (χ1n) is 5.13. The van der Waals surface area contributed by atoms with E-state index in [9.17, 15) is 20.3 Å². The number of hydrogen-bond acceptors (Lipinski definition) is 4. The van der Waals surface area contributed by atoms with E-state index in [-0.39, 0.29) is 16.9 Å². The summed E-state index contributed by atoms with van der Waals surface area (Å²) in [5, 5.41) is 29.7. The molecule has 5 nitrogen and oxygen atoms in total. The fraction of sp³-hybridized carbons (Fsp3) is 0.455. The van der Waals surface area contributed by atoms with Gasteiger partial charge in [0.25, 0.3) is 0 Å². The molecule has 1 fully saturated rings. The number of hydrogen-bond donors (Lipinski definition) is 2. The molecule has 2 N–H and O–H groups in total. The van der Waals surface area contributed by atoms with Gasteiger partial charge in [0.15, 0.2) is 5.75 Å². The molecule has 0 amide bonds. The van der Waals surface area contributed by atoms with Crippen LogP contribution in [0.5, 0.6) is 5.75 Å². The van der Waals surface area contributed by atoms with Crippen LogP contribution in [0, 0.1) is 10.1 Å². The molecule has 0 spiro atoms. The van der Waals surface area contributed by atoms with Gasteiger partial charge in [0, 0.05) is 11.5 Å². The Bertz CT molecular complexity index is 438. The summed E-state index contributed by atoms with van der Waals surface area (Å²) in [5.41, 5.74) is 0.0785. The molecule has 1 aromatic carbocycles. The summed E-state index contributed by atoms with van der Waals surface area (Å²) in [6, 6.07) is 4.31. The van der Waals surface area contributed by atoms with Gasteiger partial charge >= 0.3 is 5.69 Å². The Hall–Kier alpha value is -1.62. The Balaban J connectivity index is 2.44. The van der Waals surface area contributed by atoms with Gasteiger partial charge in [-0.2, -0.15) is 0 Å².